The number of hydrogen-bond acceptors (Lipinski definition) is 7. The van der Waals surface area contributed by atoms with Gasteiger partial charge in [0.05, 0.1) is 12.4 Å². The molecule has 0 unspecified atom stereocenters. The minimum atomic E-state index is -4.11. The number of benzene rings is 2. The normalized spacial score (nSPS) is 17.6. The van der Waals surface area contributed by atoms with Crippen LogP contribution < -0.4 is 11.0 Å². The summed E-state index contributed by atoms with van der Waals surface area (Å²) < 4.78 is 37.1. The Balaban J connectivity index is 1.34. The van der Waals surface area contributed by atoms with Crippen molar-refractivity contribution >= 4 is 16.0 Å². The fourth-order valence-corrected chi connectivity index (χ4v) is 5.11. The molecular weight excluding hydrogens is 520 g/mol. The molecule has 0 saturated heterocycles. The molecule has 1 saturated carbocycles. The number of rotatable bonds is 11. The largest absolute Gasteiger partial charge is 0.371 e. The van der Waals surface area contributed by atoms with E-state index in [9.17, 15) is 18.0 Å². The van der Waals surface area contributed by atoms with Gasteiger partial charge in [0.15, 0.2) is 0 Å². The Hall–Kier alpha value is -3.41. The molecule has 1 heterocycles. The first kappa shape index (κ1) is 28.6. The van der Waals surface area contributed by atoms with E-state index in [1.54, 1.807) is 0 Å². The smallest absolute Gasteiger partial charge is 0.364 e. The van der Waals surface area contributed by atoms with E-state index in [4.69, 9.17) is 14.4 Å². The SMILES string of the molecule is Cc1ccc(-c2nn(C[C@H]3CC[C@H](COCC(=O)NCCS(=O)(=O)O)CC3)c(=O)nc2-c2ccccc2)cc1. The molecule has 2 aromatic carbocycles. The van der Waals surface area contributed by atoms with Crippen LogP contribution in [0.15, 0.2) is 59.4 Å². The van der Waals surface area contributed by atoms with Gasteiger partial charge in [-0.1, -0.05) is 60.2 Å². The maximum Gasteiger partial charge on any atom is 0.364 e. The quantitative estimate of drug-likeness (QED) is 0.345. The summed E-state index contributed by atoms with van der Waals surface area (Å²) >= 11 is 0. The first-order valence-electron chi connectivity index (χ1n) is 13.1. The zero-order valence-electron chi connectivity index (χ0n) is 22.0. The predicted octanol–water partition coefficient (Wildman–Crippen LogP) is 3.11. The highest BCUT2D eigenvalue weighted by atomic mass is 32.2. The zero-order valence-corrected chi connectivity index (χ0v) is 22.8. The Labute approximate surface area is 228 Å². The first-order chi connectivity index (χ1) is 18.7. The van der Waals surface area contributed by atoms with E-state index in [-0.39, 0.29) is 24.8 Å². The van der Waals surface area contributed by atoms with Crippen molar-refractivity contribution in [1.82, 2.24) is 20.1 Å². The van der Waals surface area contributed by atoms with Crippen molar-refractivity contribution in [2.24, 2.45) is 11.8 Å². The molecule has 1 aromatic heterocycles. The Morgan fingerprint density at radius 2 is 1.64 bits per heavy atom. The van der Waals surface area contributed by atoms with Crippen molar-refractivity contribution in [2.45, 2.75) is 39.2 Å². The average molecular weight is 555 g/mol. The molecule has 4 rings (SSSR count). The molecule has 0 aliphatic heterocycles. The second kappa shape index (κ2) is 13.1. The fraction of sp³-hybridized carbons (Fsp3) is 0.429. The van der Waals surface area contributed by atoms with Crippen molar-refractivity contribution < 1.29 is 22.5 Å². The summed E-state index contributed by atoms with van der Waals surface area (Å²) in [6.07, 6.45) is 3.63. The molecule has 0 bridgehead atoms. The minimum Gasteiger partial charge on any atom is -0.371 e. The molecular formula is C28H34N4O6S. The van der Waals surface area contributed by atoms with Gasteiger partial charge in [0.2, 0.25) is 5.91 Å². The molecule has 208 valence electrons. The minimum absolute atomic E-state index is 0.160. The van der Waals surface area contributed by atoms with Crippen molar-refractivity contribution in [3.63, 3.8) is 0 Å². The Morgan fingerprint density at radius 3 is 2.31 bits per heavy atom. The number of amides is 1. The van der Waals surface area contributed by atoms with Gasteiger partial charge in [-0.25, -0.2) is 9.48 Å². The lowest BCUT2D eigenvalue weighted by atomic mass is 9.82. The maximum absolute atomic E-state index is 13.0. The second-order valence-corrected chi connectivity index (χ2v) is 11.6. The highest BCUT2D eigenvalue weighted by molar-refractivity contribution is 7.85. The fourth-order valence-electron chi connectivity index (χ4n) is 4.75. The molecule has 3 aromatic rings. The van der Waals surface area contributed by atoms with E-state index in [0.717, 1.165) is 42.4 Å². The lowest BCUT2D eigenvalue weighted by Crippen LogP contribution is -2.33. The number of hydrogen-bond donors (Lipinski definition) is 2. The van der Waals surface area contributed by atoms with Gasteiger partial charge in [-0.15, -0.1) is 0 Å². The van der Waals surface area contributed by atoms with Crippen molar-refractivity contribution in [1.29, 1.82) is 0 Å². The average Bonchev–Trinajstić information content (AvgIpc) is 2.91. The summed E-state index contributed by atoms with van der Waals surface area (Å²) in [5.74, 6) is -0.366. The Bertz CT molecular complexity index is 1420. The standard InChI is InChI=1S/C28H34N4O6S/c1-20-7-13-24(14-8-20)27-26(23-5-3-2-4-6-23)30-28(34)32(31-27)17-21-9-11-22(12-10-21)18-38-19-25(33)29-15-16-39(35,36)37/h2-8,13-14,21-22H,9-12,15-19H2,1H3,(H,29,33)(H,35,36,37)/t21-,22-. The molecule has 0 atom stereocenters. The molecule has 0 spiro atoms. The summed E-state index contributed by atoms with van der Waals surface area (Å²) in [6, 6.07) is 17.7. The molecule has 11 heteroatoms. The molecule has 1 aliphatic carbocycles. The summed E-state index contributed by atoms with van der Waals surface area (Å²) in [4.78, 5) is 29.2. The van der Waals surface area contributed by atoms with Gasteiger partial charge >= 0.3 is 5.69 Å². The Kier molecular flexibility index (Phi) is 9.60. The highest BCUT2D eigenvalue weighted by Gasteiger charge is 2.24. The lowest BCUT2D eigenvalue weighted by molar-refractivity contribution is -0.126. The second-order valence-electron chi connectivity index (χ2n) is 10.0. The molecule has 2 N–H and O–H groups in total. The first-order valence-corrected chi connectivity index (χ1v) is 14.7. The van der Waals surface area contributed by atoms with Gasteiger partial charge in [-0.2, -0.15) is 18.5 Å². The summed E-state index contributed by atoms with van der Waals surface area (Å²) in [7, 11) is -4.11. The van der Waals surface area contributed by atoms with Crippen molar-refractivity contribution in [3.8, 4) is 22.5 Å². The molecule has 10 nitrogen and oxygen atoms in total. The van der Waals surface area contributed by atoms with Crippen molar-refractivity contribution in [2.75, 3.05) is 25.5 Å². The third kappa shape index (κ3) is 8.54. The number of nitrogens with zero attached hydrogens (tertiary/aromatic N) is 3. The van der Waals surface area contributed by atoms with E-state index < -0.39 is 21.8 Å². The van der Waals surface area contributed by atoms with Crippen LogP contribution in [0.5, 0.6) is 0 Å². The Morgan fingerprint density at radius 1 is 1.00 bits per heavy atom. The topological polar surface area (TPSA) is 140 Å². The predicted molar refractivity (Wildman–Crippen MR) is 148 cm³/mol. The van der Waals surface area contributed by atoms with Crippen molar-refractivity contribution in [3.05, 3.63) is 70.6 Å². The van der Waals surface area contributed by atoms with Crippen LogP contribution >= 0.6 is 0 Å². The van der Waals surface area contributed by atoms with E-state index in [1.807, 2.05) is 61.5 Å². The number of ether oxygens (including phenoxy) is 1. The van der Waals surface area contributed by atoms with Crippen LogP contribution in [-0.4, -0.2) is 59.2 Å². The van der Waals surface area contributed by atoms with Gasteiger partial charge in [0.25, 0.3) is 10.1 Å². The van der Waals surface area contributed by atoms with Gasteiger partial charge in [-0.3, -0.25) is 9.35 Å². The third-order valence-electron chi connectivity index (χ3n) is 6.91. The van der Waals surface area contributed by atoms with Gasteiger partial charge < -0.3 is 10.1 Å². The monoisotopic (exact) mass is 554 g/mol. The number of carbonyl (C=O) groups is 1. The zero-order chi connectivity index (χ0) is 27.8. The number of aromatic nitrogens is 3. The van der Waals surface area contributed by atoms with E-state index in [1.165, 1.54) is 4.68 Å². The van der Waals surface area contributed by atoms with Crippen LogP contribution in [0.4, 0.5) is 0 Å². The van der Waals surface area contributed by atoms with E-state index >= 15 is 0 Å². The van der Waals surface area contributed by atoms with Crippen LogP contribution in [0, 0.1) is 18.8 Å². The van der Waals surface area contributed by atoms with Gasteiger partial charge in [0, 0.05) is 24.2 Å². The summed E-state index contributed by atoms with van der Waals surface area (Å²) in [5, 5.41) is 7.19. The third-order valence-corrected chi connectivity index (χ3v) is 7.63. The van der Waals surface area contributed by atoms with Crippen LogP contribution in [0.2, 0.25) is 0 Å². The molecule has 1 amide bonds. The van der Waals surface area contributed by atoms with Crippen LogP contribution in [-0.2, 0) is 26.2 Å². The van der Waals surface area contributed by atoms with E-state index in [2.05, 4.69) is 10.3 Å². The molecule has 39 heavy (non-hydrogen) atoms. The molecule has 0 radical (unpaired) electrons. The van der Waals surface area contributed by atoms with Crippen LogP contribution in [0.3, 0.4) is 0 Å². The summed E-state index contributed by atoms with van der Waals surface area (Å²) in [6.45, 7) is 2.63. The number of carbonyl (C=O) groups excluding carboxylic acids is 1. The van der Waals surface area contributed by atoms with Crippen LogP contribution in [0.1, 0.15) is 31.2 Å². The maximum atomic E-state index is 13.0. The molecule has 1 aliphatic rings. The van der Waals surface area contributed by atoms with Crippen LogP contribution in [0.25, 0.3) is 22.5 Å². The lowest BCUT2D eigenvalue weighted by Gasteiger charge is -2.28. The number of aryl methyl sites for hydroxylation is 1. The van der Waals surface area contributed by atoms with Gasteiger partial charge in [0.1, 0.15) is 18.0 Å². The van der Waals surface area contributed by atoms with Gasteiger partial charge in [-0.05, 0) is 44.4 Å². The molecule has 1 fully saturated rings. The van der Waals surface area contributed by atoms with E-state index in [0.29, 0.717) is 30.5 Å². The summed E-state index contributed by atoms with van der Waals surface area (Å²) in [5.41, 5.74) is 3.78. The highest BCUT2D eigenvalue weighted by Crippen LogP contribution is 2.31. The number of nitrogens with one attached hydrogen (secondary N) is 1.